The molecule has 3 N–H and O–H groups in total. The van der Waals surface area contributed by atoms with Crippen LogP contribution in [0, 0.1) is 10.8 Å². The van der Waals surface area contributed by atoms with Crippen LogP contribution >= 0.6 is 0 Å². The smallest absolute Gasteiger partial charge is 0.315 e. The zero-order valence-electron chi connectivity index (χ0n) is 11.0. The van der Waals surface area contributed by atoms with Gasteiger partial charge >= 0.3 is 12.0 Å². The minimum atomic E-state index is -0.836. The Morgan fingerprint density at radius 1 is 1.18 bits per heavy atom. The van der Waals surface area contributed by atoms with Crippen LogP contribution in [0.25, 0.3) is 0 Å². The summed E-state index contributed by atoms with van der Waals surface area (Å²) >= 11 is 0. The molecule has 0 bridgehead atoms. The molecule has 2 amide bonds. The van der Waals surface area contributed by atoms with E-state index in [0.717, 1.165) is 0 Å². The maximum absolute atomic E-state index is 11.5. The highest BCUT2D eigenvalue weighted by Gasteiger charge is 2.65. The number of aliphatic carboxylic acids is 1. The highest BCUT2D eigenvalue weighted by molar-refractivity contribution is 5.75. The molecule has 17 heavy (non-hydrogen) atoms. The number of carbonyl (C=O) groups is 2. The molecule has 0 saturated heterocycles. The maximum Gasteiger partial charge on any atom is 0.315 e. The summed E-state index contributed by atoms with van der Waals surface area (Å²) < 4.78 is 0. The van der Waals surface area contributed by atoms with Crippen LogP contribution in [-0.4, -0.2) is 29.7 Å². The number of hydrogen-bond acceptors (Lipinski definition) is 2. The van der Waals surface area contributed by atoms with Gasteiger partial charge in [0.1, 0.15) is 0 Å². The predicted octanol–water partition coefficient (Wildman–Crippen LogP) is 1.58. The lowest BCUT2D eigenvalue weighted by atomic mass is 10.0. The molecule has 1 saturated carbocycles. The summed E-state index contributed by atoms with van der Waals surface area (Å²) in [5.74, 6) is -0.836. The van der Waals surface area contributed by atoms with Crippen molar-refractivity contribution in [2.75, 3.05) is 6.54 Å². The molecule has 1 aliphatic rings. The van der Waals surface area contributed by atoms with E-state index >= 15 is 0 Å². The Bertz CT molecular complexity index is 310. The van der Waals surface area contributed by atoms with Gasteiger partial charge in [0.15, 0.2) is 0 Å². The van der Waals surface area contributed by atoms with E-state index in [4.69, 9.17) is 5.11 Å². The molecule has 0 atom stereocenters. The van der Waals surface area contributed by atoms with Crippen LogP contribution in [0.1, 0.15) is 40.5 Å². The van der Waals surface area contributed by atoms with Crippen molar-refractivity contribution in [1.29, 1.82) is 0 Å². The van der Waals surface area contributed by atoms with Gasteiger partial charge in [-0.25, -0.2) is 4.79 Å². The van der Waals surface area contributed by atoms with E-state index in [0.29, 0.717) is 13.0 Å². The van der Waals surface area contributed by atoms with Crippen LogP contribution in [0.5, 0.6) is 0 Å². The third-order valence-electron chi connectivity index (χ3n) is 4.15. The largest absolute Gasteiger partial charge is 0.481 e. The average Bonchev–Trinajstić information content (AvgIpc) is 2.55. The molecule has 0 aromatic rings. The lowest BCUT2D eigenvalue weighted by molar-refractivity contribution is -0.137. The first kappa shape index (κ1) is 13.8. The highest BCUT2D eigenvalue weighted by Crippen LogP contribution is 2.62. The second-order valence-electron chi connectivity index (χ2n) is 5.77. The molecule has 0 spiro atoms. The van der Waals surface area contributed by atoms with Crippen molar-refractivity contribution in [1.82, 2.24) is 10.6 Å². The van der Waals surface area contributed by atoms with Gasteiger partial charge in [-0.05, 0) is 17.3 Å². The first-order valence-corrected chi connectivity index (χ1v) is 5.95. The minimum Gasteiger partial charge on any atom is -0.481 e. The predicted molar refractivity (Wildman–Crippen MR) is 64.8 cm³/mol. The van der Waals surface area contributed by atoms with Crippen molar-refractivity contribution >= 4 is 12.0 Å². The highest BCUT2D eigenvalue weighted by atomic mass is 16.4. The summed E-state index contributed by atoms with van der Waals surface area (Å²) in [5.41, 5.74) is 0.233. The van der Waals surface area contributed by atoms with Crippen LogP contribution in [0.15, 0.2) is 0 Å². The van der Waals surface area contributed by atoms with E-state index in [-0.39, 0.29) is 29.3 Å². The Balaban J connectivity index is 2.21. The summed E-state index contributed by atoms with van der Waals surface area (Å²) in [5, 5.41) is 14.0. The van der Waals surface area contributed by atoms with Gasteiger partial charge < -0.3 is 15.7 Å². The second-order valence-corrected chi connectivity index (χ2v) is 5.77. The lowest BCUT2D eigenvalue weighted by Crippen LogP contribution is -2.39. The van der Waals surface area contributed by atoms with Gasteiger partial charge in [0.25, 0.3) is 0 Å². The van der Waals surface area contributed by atoms with Crippen molar-refractivity contribution in [2.24, 2.45) is 10.8 Å². The van der Waals surface area contributed by atoms with E-state index in [1.165, 1.54) is 0 Å². The van der Waals surface area contributed by atoms with Gasteiger partial charge in [-0.15, -0.1) is 0 Å². The summed E-state index contributed by atoms with van der Waals surface area (Å²) in [4.78, 5) is 21.8. The molecule has 1 fully saturated rings. The second kappa shape index (κ2) is 4.55. The normalized spacial score (nSPS) is 20.7. The minimum absolute atomic E-state index is 0.0840. The zero-order chi connectivity index (χ0) is 13.3. The van der Waals surface area contributed by atoms with Crippen LogP contribution in [0.2, 0.25) is 0 Å². The molecule has 0 radical (unpaired) electrons. The Kier molecular flexibility index (Phi) is 3.69. The van der Waals surface area contributed by atoms with Crippen molar-refractivity contribution in [2.45, 2.75) is 46.6 Å². The molecule has 0 heterocycles. The third-order valence-corrected chi connectivity index (χ3v) is 4.15. The van der Waals surface area contributed by atoms with E-state index < -0.39 is 5.97 Å². The fourth-order valence-electron chi connectivity index (χ4n) is 2.18. The Labute approximate surface area is 102 Å². The number of hydrogen-bond donors (Lipinski definition) is 3. The van der Waals surface area contributed by atoms with Crippen LogP contribution in [0.3, 0.4) is 0 Å². The molecule has 0 aromatic heterocycles. The average molecular weight is 242 g/mol. The quantitative estimate of drug-likeness (QED) is 0.640. The molecule has 0 aliphatic heterocycles. The molecule has 98 valence electrons. The molecular formula is C12H22N2O3. The van der Waals surface area contributed by atoms with Gasteiger partial charge in [-0.3, -0.25) is 4.79 Å². The number of carboxylic acid groups (broad SMARTS) is 1. The van der Waals surface area contributed by atoms with E-state index in [1.807, 2.05) is 0 Å². The molecule has 5 nitrogen and oxygen atoms in total. The summed E-state index contributed by atoms with van der Waals surface area (Å²) in [6.07, 6.45) is 0.543. The van der Waals surface area contributed by atoms with Gasteiger partial charge in [-0.1, -0.05) is 27.7 Å². The van der Waals surface area contributed by atoms with Crippen molar-refractivity contribution in [3.8, 4) is 0 Å². The lowest BCUT2D eigenvalue weighted by Gasteiger charge is -2.08. The van der Waals surface area contributed by atoms with Crippen molar-refractivity contribution in [3.63, 3.8) is 0 Å². The van der Waals surface area contributed by atoms with Gasteiger partial charge in [-0.2, -0.15) is 0 Å². The molecule has 1 aliphatic carbocycles. The van der Waals surface area contributed by atoms with Crippen molar-refractivity contribution < 1.29 is 14.7 Å². The standard InChI is InChI=1S/C12H22N2O3/c1-11(2)9(12(11,3)4)14-10(17)13-7-5-6-8(15)16/h9H,5-7H2,1-4H3,(H,15,16)(H2,13,14,17). The topological polar surface area (TPSA) is 78.4 Å². The number of urea groups is 1. The van der Waals surface area contributed by atoms with Crippen LogP contribution in [0.4, 0.5) is 4.79 Å². The number of rotatable bonds is 5. The number of carbonyl (C=O) groups excluding carboxylic acids is 1. The monoisotopic (exact) mass is 242 g/mol. The Morgan fingerprint density at radius 2 is 1.71 bits per heavy atom. The van der Waals surface area contributed by atoms with E-state index in [9.17, 15) is 9.59 Å². The maximum atomic E-state index is 11.5. The van der Waals surface area contributed by atoms with Gasteiger partial charge in [0, 0.05) is 19.0 Å². The Hall–Kier alpha value is -1.26. The third kappa shape index (κ3) is 2.90. The number of nitrogens with one attached hydrogen (secondary N) is 2. The van der Waals surface area contributed by atoms with E-state index in [2.05, 4.69) is 38.3 Å². The van der Waals surface area contributed by atoms with Crippen LogP contribution in [-0.2, 0) is 4.79 Å². The van der Waals surface area contributed by atoms with Crippen LogP contribution < -0.4 is 10.6 Å². The fraction of sp³-hybridized carbons (Fsp3) is 0.833. The summed E-state index contributed by atoms with van der Waals surface area (Å²) in [6, 6.07) is -0.0338. The fourth-order valence-corrected chi connectivity index (χ4v) is 2.18. The molecule has 1 rings (SSSR count). The summed E-state index contributed by atoms with van der Waals surface area (Å²) in [6.45, 7) is 8.90. The number of amides is 2. The molecular weight excluding hydrogens is 220 g/mol. The SMILES string of the molecule is CC1(C)C(NC(=O)NCCCC(=O)O)C1(C)C. The van der Waals surface area contributed by atoms with Gasteiger partial charge in [0.05, 0.1) is 0 Å². The first-order valence-electron chi connectivity index (χ1n) is 5.95. The molecule has 5 heteroatoms. The Morgan fingerprint density at radius 3 is 2.12 bits per heavy atom. The zero-order valence-corrected chi connectivity index (χ0v) is 11.0. The van der Waals surface area contributed by atoms with Gasteiger partial charge in [0.2, 0.25) is 0 Å². The number of carboxylic acids is 1. The van der Waals surface area contributed by atoms with Crippen molar-refractivity contribution in [3.05, 3.63) is 0 Å². The first-order chi connectivity index (χ1) is 7.69. The summed E-state index contributed by atoms with van der Waals surface area (Å²) in [7, 11) is 0. The molecule has 0 unspecified atom stereocenters. The van der Waals surface area contributed by atoms with E-state index in [1.54, 1.807) is 0 Å². The molecule has 0 aromatic carbocycles.